The minimum atomic E-state index is -5.14. The number of halogens is 6. The van der Waals surface area contributed by atoms with Crippen molar-refractivity contribution in [2.75, 3.05) is 12.8 Å². The van der Waals surface area contributed by atoms with E-state index in [9.17, 15) is 31.4 Å². The lowest BCUT2D eigenvalue weighted by molar-refractivity contribution is -0.266. The molecule has 0 bridgehead atoms. The Morgan fingerprint density at radius 2 is 1.68 bits per heavy atom. The summed E-state index contributed by atoms with van der Waals surface area (Å²) in [6.07, 6.45) is -10.00. The molecule has 0 aliphatic heterocycles. The molecule has 0 aliphatic carbocycles. The molecule has 7 nitrogen and oxygen atoms in total. The van der Waals surface area contributed by atoms with Gasteiger partial charge in [-0.15, -0.1) is 10.2 Å². The van der Waals surface area contributed by atoms with Gasteiger partial charge in [-0.1, -0.05) is 13.8 Å². The average Bonchev–Trinajstić information content (AvgIpc) is 3.02. The number of nitrogens with zero attached hydrogens (tertiary/aromatic N) is 3. The van der Waals surface area contributed by atoms with Crippen molar-refractivity contribution in [3.8, 4) is 17.5 Å². The van der Waals surface area contributed by atoms with E-state index in [1.54, 1.807) is 0 Å². The standard InChI is InChI=1S/C15H16F6N4O3/c1-5(2)6-7(14(16,17)18)10(27-4)23-9(8(6)22)11-24-25-12(28-11)13(3,26)15(19,20)21/h5,26H,22H2,1-4H3. The molecule has 0 aromatic carbocycles. The van der Waals surface area contributed by atoms with E-state index in [1.807, 2.05) is 0 Å². The topological polar surface area (TPSA) is 107 Å². The summed E-state index contributed by atoms with van der Waals surface area (Å²) >= 11 is 0. The van der Waals surface area contributed by atoms with E-state index in [-0.39, 0.29) is 0 Å². The predicted molar refractivity (Wildman–Crippen MR) is 83.2 cm³/mol. The van der Waals surface area contributed by atoms with Crippen LogP contribution >= 0.6 is 0 Å². The molecule has 0 aliphatic rings. The van der Waals surface area contributed by atoms with Crippen LogP contribution in [0.3, 0.4) is 0 Å². The third-order valence-corrected chi connectivity index (χ3v) is 3.89. The van der Waals surface area contributed by atoms with E-state index in [0.29, 0.717) is 6.92 Å². The van der Waals surface area contributed by atoms with Gasteiger partial charge in [0.2, 0.25) is 11.5 Å². The molecule has 0 saturated heterocycles. The van der Waals surface area contributed by atoms with Gasteiger partial charge in [0.05, 0.1) is 12.8 Å². The van der Waals surface area contributed by atoms with E-state index < -0.39 is 64.0 Å². The van der Waals surface area contributed by atoms with Crippen molar-refractivity contribution in [2.45, 2.75) is 44.6 Å². The minimum absolute atomic E-state index is 0.383. The molecule has 2 aromatic heterocycles. The van der Waals surface area contributed by atoms with E-state index in [4.69, 9.17) is 14.9 Å². The summed E-state index contributed by atoms with van der Waals surface area (Å²) in [4.78, 5) is 3.60. The van der Waals surface area contributed by atoms with Crippen LogP contribution in [-0.4, -0.2) is 33.6 Å². The van der Waals surface area contributed by atoms with Gasteiger partial charge in [-0.3, -0.25) is 0 Å². The molecule has 0 amide bonds. The fraction of sp³-hybridized carbons (Fsp3) is 0.533. The highest BCUT2D eigenvalue weighted by molar-refractivity contribution is 5.73. The summed E-state index contributed by atoms with van der Waals surface area (Å²) in [5, 5.41) is 16.1. The SMILES string of the molecule is COc1nc(-c2nnc(C(C)(O)C(F)(F)F)o2)c(N)c(C(C)C)c1C(F)(F)F. The summed E-state index contributed by atoms with van der Waals surface area (Å²) in [5.74, 6) is -3.54. The van der Waals surface area contributed by atoms with E-state index in [0.717, 1.165) is 7.11 Å². The Kier molecular flexibility index (Phi) is 5.27. The fourth-order valence-corrected chi connectivity index (χ4v) is 2.42. The van der Waals surface area contributed by atoms with Crippen LogP contribution in [0.4, 0.5) is 32.0 Å². The van der Waals surface area contributed by atoms with Crippen LogP contribution in [0.15, 0.2) is 4.42 Å². The van der Waals surface area contributed by atoms with Gasteiger partial charge < -0.3 is 20.0 Å². The second-order valence-corrected chi connectivity index (χ2v) is 6.31. The monoisotopic (exact) mass is 414 g/mol. The van der Waals surface area contributed by atoms with Crippen LogP contribution < -0.4 is 10.5 Å². The number of hydrogen-bond acceptors (Lipinski definition) is 7. The van der Waals surface area contributed by atoms with Crippen molar-refractivity contribution in [3.63, 3.8) is 0 Å². The Balaban J connectivity index is 2.74. The van der Waals surface area contributed by atoms with Crippen LogP contribution in [0, 0.1) is 0 Å². The Morgan fingerprint density at radius 1 is 1.11 bits per heavy atom. The van der Waals surface area contributed by atoms with Crippen molar-refractivity contribution in [1.29, 1.82) is 0 Å². The first-order chi connectivity index (χ1) is 12.6. The highest BCUT2D eigenvalue weighted by Gasteiger charge is 2.55. The summed E-state index contributed by atoms with van der Waals surface area (Å²) in [7, 11) is 0.940. The Bertz CT molecular complexity index is 874. The van der Waals surface area contributed by atoms with Gasteiger partial charge in [-0.05, 0) is 18.4 Å². The van der Waals surface area contributed by atoms with Crippen LogP contribution in [0.25, 0.3) is 11.6 Å². The molecule has 13 heteroatoms. The number of rotatable bonds is 4. The lowest BCUT2D eigenvalue weighted by atomic mass is 9.95. The maximum Gasteiger partial charge on any atom is 0.426 e. The first-order valence-electron chi connectivity index (χ1n) is 7.70. The number of methoxy groups -OCH3 is 1. The highest BCUT2D eigenvalue weighted by Crippen LogP contribution is 2.46. The third-order valence-electron chi connectivity index (χ3n) is 3.89. The van der Waals surface area contributed by atoms with Crippen LogP contribution in [-0.2, 0) is 11.8 Å². The maximum absolute atomic E-state index is 13.5. The van der Waals surface area contributed by atoms with Crippen molar-refractivity contribution in [1.82, 2.24) is 15.2 Å². The van der Waals surface area contributed by atoms with Crippen LogP contribution in [0.1, 0.15) is 43.7 Å². The van der Waals surface area contributed by atoms with Crippen molar-refractivity contribution in [2.24, 2.45) is 0 Å². The molecule has 2 aromatic rings. The number of pyridine rings is 1. The molecule has 28 heavy (non-hydrogen) atoms. The van der Waals surface area contributed by atoms with Crippen molar-refractivity contribution in [3.05, 3.63) is 17.0 Å². The summed E-state index contributed by atoms with van der Waals surface area (Å²) in [6.45, 7) is 3.24. The number of nitrogens with two attached hydrogens (primary N) is 1. The predicted octanol–water partition coefficient (Wildman–Crippen LogP) is 3.63. The number of aromatic nitrogens is 3. The lowest BCUT2D eigenvalue weighted by Crippen LogP contribution is -2.39. The Morgan fingerprint density at radius 3 is 2.11 bits per heavy atom. The summed E-state index contributed by atoms with van der Waals surface area (Å²) in [6, 6.07) is 0. The molecular weight excluding hydrogens is 398 g/mol. The number of nitrogen functional groups attached to an aromatic ring is 1. The summed E-state index contributed by atoms with van der Waals surface area (Å²) in [5.41, 5.74) is -0.282. The van der Waals surface area contributed by atoms with E-state index in [2.05, 4.69) is 15.2 Å². The van der Waals surface area contributed by atoms with Crippen molar-refractivity contribution >= 4 is 5.69 Å². The molecule has 2 heterocycles. The van der Waals surface area contributed by atoms with Crippen LogP contribution in [0.2, 0.25) is 0 Å². The molecule has 0 radical (unpaired) electrons. The second kappa shape index (κ2) is 6.79. The first-order valence-corrected chi connectivity index (χ1v) is 7.70. The molecular formula is C15H16F6N4O3. The molecule has 0 fully saturated rings. The zero-order valence-corrected chi connectivity index (χ0v) is 15.0. The minimum Gasteiger partial charge on any atom is -0.481 e. The van der Waals surface area contributed by atoms with Gasteiger partial charge >= 0.3 is 12.4 Å². The Hall–Kier alpha value is -2.57. The normalized spacial score (nSPS) is 15.0. The Labute approximate surface area is 154 Å². The maximum atomic E-state index is 13.5. The van der Waals surface area contributed by atoms with E-state index >= 15 is 0 Å². The highest BCUT2D eigenvalue weighted by atomic mass is 19.4. The third kappa shape index (κ3) is 3.57. The zero-order valence-electron chi connectivity index (χ0n) is 15.0. The smallest absolute Gasteiger partial charge is 0.426 e. The summed E-state index contributed by atoms with van der Waals surface area (Å²) < 4.78 is 88.7. The first kappa shape index (κ1) is 21.7. The van der Waals surface area contributed by atoms with Crippen molar-refractivity contribution < 1.29 is 40.6 Å². The van der Waals surface area contributed by atoms with Crippen LogP contribution in [0.5, 0.6) is 5.88 Å². The zero-order chi connectivity index (χ0) is 21.7. The molecule has 156 valence electrons. The number of hydrogen-bond donors (Lipinski definition) is 2. The molecule has 2 rings (SSSR count). The molecule has 0 saturated carbocycles. The van der Waals surface area contributed by atoms with Gasteiger partial charge in [-0.2, -0.15) is 26.3 Å². The van der Waals surface area contributed by atoms with E-state index in [1.165, 1.54) is 13.8 Å². The largest absolute Gasteiger partial charge is 0.481 e. The van der Waals surface area contributed by atoms with Gasteiger partial charge in [0.15, 0.2) is 5.69 Å². The number of aliphatic hydroxyl groups is 1. The molecule has 1 unspecified atom stereocenters. The van der Waals surface area contributed by atoms with Gasteiger partial charge in [0, 0.05) is 0 Å². The lowest BCUT2D eigenvalue weighted by Gasteiger charge is -2.22. The van der Waals surface area contributed by atoms with Gasteiger partial charge in [0.25, 0.3) is 11.8 Å². The van der Waals surface area contributed by atoms with Gasteiger partial charge in [-0.25, -0.2) is 4.98 Å². The molecule has 1 atom stereocenters. The fourth-order valence-electron chi connectivity index (χ4n) is 2.42. The number of ether oxygens (including phenoxy) is 1. The molecule has 3 N–H and O–H groups in total. The number of anilines is 1. The molecule has 0 spiro atoms. The number of alkyl halides is 6. The quantitative estimate of drug-likeness (QED) is 0.736. The van der Waals surface area contributed by atoms with Gasteiger partial charge in [0.1, 0.15) is 5.56 Å². The second-order valence-electron chi connectivity index (χ2n) is 6.31. The average molecular weight is 414 g/mol.